The van der Waals surface area contributed by atoms with E-state index < -0.39 is 0 Å². The van der Waals surface area contributed by atoms with Crippen molar-refractivity contribution in [2.45, 2.75) is 25.0 Å². The second-order valence-corrected chi connectivity index (χ2v) is 5.78. The SMILES string of the molecule is COc1ccccc1CN1CC2(CCNCC2)OCC1=O. The molecule has 21 heavy (non-hydrogen) atoms. The van der Waals surface area contributed by atoms with E-state index in [2.05, 4.69) is 5.32 Å². The second kappa shape index (κ2) is 6.03. The molecule has 0 saturated carbocycles. The molecule has 114 valence electrons. The first kappa shape index (κ1) is 14.4. The van der Waals surface area contributed by atoms with Crippen molar-refractivity contribution in [3.05, 3.63) is 29.8 Å². The zero-order chi connectivity index (χ0) is 14.7. The minimum absolute atomic E-state index is 0.0602. The normalized spacial score (nSPS) is 21.6. The Morgan fingerprint density at radius 3 is 2.86 bits per heavy atom. The van der Waals surface area contributed by atoms with Gasteiger partial charge >= 0.3 is 0 Å². The standard InChI is InChI=1S/C16H22N2O3/c1-20-14-5-3-2-4-13(14)10-18-12-16(21-11-15(18)19)6-8-17-9-7-16/h2-5,17H,6-12H2,1H3. The summed E-state index contributed by atoms with van der Waals surface area (Å²) in [5, 5.41) is 3.35. The van der Waals surface area contributed by atoms with Crippen LogP contribution < -0.4 is 10.1 Å². The maximum absolute atomic E-state index is 12.2. The Hall–Kier alpha value is -1.59. The molecule has 0 unspecified atom stereocenters. The van der Waals surface area contributed by atoms with Crippen LogP contribution in [0.1, 0.15) is 18.4 Å². The van der Waals surface area contributed by atoms with Gasteiger partial charge in [-0.2, -0.15) is 0 Å². The van der Waals surface area contributed by atoms with Crippen molar-refractivity contribution >= 4 is 5.91 Å². The molecule has 1 aromatic rings. The summed E-state index contributed by atoms with van der Waals surface area (Å²) in [7, 11) is 1.66. The van der Waals surface area contributed by atoms with Crippen molar-refractivity contribution in [1.82, 2.24) is 10.2 Å². The summed E-state index contributed by atoms with van der Waals surface area (Å²) in [6.07, 6.45) is 1.92. The van der Waals surface area contributed by atoms with Crippen LogP contribution in [-0.2, 0) is 16.1 Å². The van der Waals surface area contributed by atoms with Gasteiger partial charge in [0.15, 0.2) is 0 Å². The molecule has 0 aromatic heterocycles. The maximum atomic E-state index is 12.2. The molecule has 1 spiro atoms. The summed E-state index contributed by atoms with van der Waals surface area (Å²) in [5.41, 5.74) is 0.876. The molecule has 2 aliphatic rings. The number of rotatable bonds is 3. The molecular weight excluding hydrogens is 268 g/mol. The number of nitrogens with zero attached hydrogens (tertiary/aromatic N) is 1. The lowest BCUT2D eigenvalue weighted by Crippen LogP contribution is -2.57. The number of carbonyl (C=O) groups is 1. The zero-order valence-electron chi connectivity index (χ0n) is 12.4. The first-order valence-electron chi connectivity index (χ1n) is 7.47. The van der Waals surface area contributed by atoms with Crippen LogP contribution in [0.25, 0.3) is 0 Å². The van der Waals surface area contributed by atoms with Crippen molar-refractivity contribution in [1.29, 1.82) is 0 Å². The van der Waals surface area contributed by atoms with Crippen LogP contribution in [-0.4, -0.2) is 49.8 Å². The number of nitrogens with one attached hydrogen (secondary N) is 1. The lowest BCUT2D eigenvalue weighted by atomic mass is 9.90. The van der Waals surface area contributed by atoms with Gasteiger partial charge in [0.05, 0.1) is 19.3 Å². The molecule has 0 aliphatic carbocycles. The monoisotopic (exact) mass is 290 g/mol. The second-order valence-electron chi connectivity index (χ2n) is 5.78. The molecule has 3 rings (SSSR count). The molecule has 1 aromatic carbocycles. The zero-order valence-corrected chi connectivity index (χ0v) is 12.4. The number of para-hydroxylation sites is 1. The van der Waals surface area contributed by atoms with Gasteiger partial charge in [-0.3, -0.25) is 4.79 Å². The number of ether oxygens (including phenoxy) is 2. The molecule has 5 heteroatoms. The molecule has 2 heterocycles. The number of morpholine rings is 1. The lowest BCUT2D eigenvalue weighted by Gasteiger charge is -2.44. The molecule has 2 aliphatic heterocycles. The molecule has 1 N–H and O–H groups in total. The molecule has 0 bridgehead atoms. The van der Waals surface area contributed by atoms with Gasteiger partial charge in [-0.1, -0.05) is 18.2 Å². The van der Waals surface area contributed by atoms with Crippen LogP contribution in [0.3, 0.4) is 0 Å². The molecule has 1 amide bonds. The summed E-state index contributed by atoms with van der Waals surface area (Å²) in [6, 6.07) is 7.86. The summed E-state index contributed by atoms with van der Waals surface area (Å²) in [6.45, 7) is 3.36. The molecule has 2 fully saturated rings. The van der Waals surface area contributed by atoms with Gasteiger partial charge < -0.3 is 19.7 Å². The van der Waals surface area contributed by atoms with E-state index in [1.165, 1.54) is 0 Å². The third kappa shape index (κ3) is 3.04. The summed E-state index contributed by atoms with van der Waals surface area (Å²) < 4.78 is 11.3. The first-order valence-corrected chi connectivity index (χ1v) is 7.47. The topological polar surface area (TPSA) is 50.8 Å². The van der Waals surface area contributed by atoms with Gasteiger partial charge in [-0.05, 0) is 32.0 Å². The van der Waals surface area contributed by atoms with Gasteiger partial charge in [-0.25, -0.2) is 0 Å². The lowest BCUT2D eigenvalue weighted by molar-refractivity contribution is -0.169. The van der Waals surface area contributed by atoms with Crippen molar-refractivity contribution in [2.24, 2.45) is 0 Å². The Bertz CT molecular complexity index is 512. The van der Waals surface area contributed by atoms with Crippen LogP contribution in [0.15, 0.2) is 24.3 Å². The number of benzene rings is 1. The van der Waals surface area contributed by atoms with Crippen molar-refractivity contribution < 1.29 is 14.3 Å². The summed E-state index contributed by atoms with van der Waals surface area (Å²) >= 11 is 0. The summed E-state index contributed by atoms with van der Waals surface area (Å²) in [4.78, 5) is 14.1. The molecule has 0 atom stereocenters. The van der Waals surface area contributed by atoms with Crippen LogP contribution in [0.2, 0.25) is 0 Å². The van der Waals surface area contributed by atoms with Gasteiger partial charge in [0.2, 0.25) is 5.91 Å². The molecule has 5 nitrogen and oxygen atoms in total. The first-order chi connectivity index (χ1) is 10.2. The van der Waals surface area contributed by atoms with E-state index in [9.17, 15) is 4.79 Å². The van der Waals surface area contributed by atoms with E-state index in [1.54, 1.807) is 7.11 Å². The quantitative estimate of drug-likeness (QED) is 0.908. The van der Waals surface area contributed by atoms with E-state index in [-0.39, 0.29) is 18.1 Å². The van der Waals surface area contributed by atoms with Crippen LogP contribution >= 0.6 is 0 Å². The highest BCUT2D eigenvalue weighted by Gasteiger charge is 2.40. The van der Waals surface area contributed by atoms with Crippen LogP contribution in [0.4, 0.5) is 0 Å². The Morgan fingerprint density at radius 1 is 1.33 bits per heavy atom. The van der Waals surface area contributed by atoms with Gasteiger partial charge in [0, 0.05) is 12.1 Å². The average Bonchev–Trinajstić information content (AvgIpc) is 2.53. The number of hydrogen-bond donors (Lipinski definition) is 1. The van der Waals surface area contributed by atoms with E-state index in [4.69, 9.17) is 9.47 Å². The Morgan fingerprint density at radius 2 is 2.10 bits per heavy atom. The van der Waals surface area contributed by atoms with E-state index in [0.29, 0.717) is 13.1 Å². The highest BCUT2D eigenvalue weighted by Crippen LogP contribution is 2.29. The Kier molecular flexibility index (Phi) is 4.12. The van der Waals surface area contributed by atoms with Crippen molar-refractivity contribution in [3.63, 3.8) is 0 Å². The van der Waals surface area contributed by atoms with Crippen molar-refractivity contribution in [2.75, 3.05) is 33.4 Å². The fraction of sp³-hybridized carbons (Fsp3) is 0.562. The third-order valence-electron chi connectivity index (χ3n) is 4.40. The minimum atomic E-state index is -0.166. The predicted octanol–water partition coefficient (Wildman–Crippen LogP) is 1.18. The van der Waals surface area contributed by atoms with Crippen molar-refractivity contribution in [3.8, 4) is 5.75 Å². The number of piperidine rings is 1. The van der Waals surface area contributed by atoms with E-state index >= 15 is 0 Å². The largest absolute Gasteiger partial charge is 0.496 e. The van der Waals surface area contributed by atoms with Crippen LogP contribution in [0, 0.1) is 0 Å². The van der Waals surface area contributed by atoms with E-state index in [1.807, 2.05) is 29.2 Å². The molecular formula is C16H22N2O3. The summed E-state index contributed by atoms with van der Waals surface area (Å²) in [5.74, 6) is 0.890. The number of methoxy groups -OCH3 is 1. The molecule has 0 radical (unpaired) electrons. The minimum Gasteiger partial charge on any atom is -0.496 e. The predicted molar refractivity (Wildman–Crippen MR) is 79.2 cm³/mol. The number of amides is 1. The number of carbonyl (C=O) groups excluding carboxylic acids is 1. The highest BCUT2D eigenvalue weighted by atomic mass is 16.5. The maximum Gasteiger partial charge on any atom is 0.249 e. The Labute approximate surface area is 125 Å². The van der Waals surface area contributed by atoms with Gasteiger partial charge in [0.25, 0.3) is 0 Å². The molecule has 2 saturated heterocycles. The third-order valence-corrected chi connectivity index (χ3v) is 4.40. The number of hydrogen-bond acceptors (Lipinski definition) is 4. The van der Waals surface area contributed by atoms with Crippen LogP contribution in [0.5, 0.6) is 5.75 Å². The van der Waals surface area contributed by atoms with Gasteiger partial charge in [-0.15, -0.1) is 0 Å². The Balaban J connectivity index is 1.75. The fourth-order valence-corrected chi connectivity index (χ4v) is 3.16. The fourth-order valence-electron chi connectivity index (χ4n) is 3.16. The van der Waals surface area contributed by atoms with E-state index in [0.717, 1.165) is 37.2 Å². The smallest absolute Gasteiger partial charge is 0.249 e. The highest BCUT2D eigenvalue weighted by molar-refractivity contribution is 5.78. The van der Waals surface area contributed by atoms with Gasteiger partial charge in [0.1, 0.15) is 12.4 Å². The average molecular weight is 290 g/mol.